The van der Waals surface area contributed by atoms with Gasteiger partial charge in [-0.05, 0) is 43.4 Å². The molecule has 0 saturated carbocycles. The maximum atomic E-state index is 14.0. The molecule has 32 heavy (non-hydrogen) atoms. The summed E-state index contributed by atoms with van der Waals surface area (Å²) in [4.78, 5) is 39.2. The molecule has 0 spiro atoms. The van der Waals surface area contributed by atoms with Gasteiger partial charge < -0.3 is 9.88 Å². The molecular weight excluding hydrogens is 451 g/mol. The van der Waals surface area contributed by atoms with E-state index in [1.54, 1.807) is 22.3 Å². The van der Waals surface area contributed by atoms with Crippen LogP contribution in [0.1, 0.15) is 34.7 Å². The van der Waals surface area contributed by atoms with Gasteiger partial charge in [0.05, 0.1) is 18.4 Å². The Morgan fingerprint density at radius 2 is 1.97 bits per heavy atom. The Morgan fingerprint density at radius 3 is 2.75 bits per heavy atom. The van der Waals surface area contributed by atoms with E-state index in [1.165, 1.54) is 29.0 Å². The molecule has 1 saturated heterocycles. The second-order valence-corrected chi connectivity index (χ2v) is 9.93. The fraction of sp³-hybridized carbons (Fsp3) is 0.435. The van der Waals surface area contributed by atoms with E-state index in [9.17, 15) is 14.0 Å². The van der Waals surface area contributed by atoms with Crippen LogP contribution in [-0.4, -0.2) is 51.9 Å². The van der Waals surface area contributed by atoms with E-state index in [4.69, 9.17) is 16.6 Å². The van der Waals surface area contributed by atoms with Gasteiger partial charge in [-0.2, -0.15) is 0 Å². The largest absolute Gasteiger partial charge is 0.340 e. The number of aromatic nitrogens is 2. The third-order valence-corrected chi connectivity index (χ3v) is 7.90. The fourth-order valence-electron chi connectivity index (χ4n) is 4.61. The molecule has 1 aliphatic heterocycles. The quantitative estimate of drug-likeness (QED) is 0.628. The van der Waals surface area contributed by atoms with Crippen LogP contribution in [0.5, 0.6) is 0 Å². The second-order valence-electron chi connectivity index (χ2n) is 8.44. The number of carbonyl (C=O) groups is 1. The van der Waals surface area contributed by atoms with Crippen molar-refractivity contribution in [2.24, 2.45) is 0 Å². The summed E-state index contributed by atoms with van der Waals surface area (Å²) in [5.41, 5.74) is 1.40. The van der Waals surface area contributed by atoms with Gasteiger partial charge in [0.2, 0.25) is 5.91 Å². The van der Waals surface area contributed by atoms with Gasteiger partial charge in [-0.25, -0.2) is 9.37 Å². The summed E-state index contributed by atoms with van der Waals surface area (Å²) in [6, 6.07) is 4.45. The third kappa shape index (κ3) is 4.19. The summed E-state index contributed by atoms with van der Waals surface area (Å²) in [6.45, 7) is 2.96. The first-order valence-corrected chi connectivity index (χ1v) is 12.2. The topological polar surface area (TPSA) is 69.3 Å². The van der Waals surface area contributed by atoms with E-state index in [-0.39, 0.29) is 28.5 Å². The Kier molecular flexibility index (Phi) is 6.01. The highest BCUT2D eigenvalue weighted by Gasteiger charge is 2.24. The zero-order valence-corrected chi connectivity index (χ0v) is 19.2. The molecule has 1 amide bonds. The zero-order chi connectivity index (χ0) is 22.2. The number of fused-ring (bicyclic) bond motifs is 3. The molecule has 2 aromatic heterocycles. The van der Waals surface area contributed by atoms with Gasteiger partial charge in [0.25, 0.3) is 5.56 Å². The standard InChI is InChI=1S/C23H24ClFN4O2S/c24-16-5-3-6-17(25)15(16)12-20(30)29-10-8-28(9-11-29)13-19-26-22(31)21-14-4-1-2-7-18(14)32-23(21)27-19/h3,5-6H,1-2,4,7-13H2,(H,26,27,31). The number of nitrogens with one attached hydrogen (secondary N) is 1. The molecule has 168 valence electrons. The van der Waals surface area contributed by atoms with Crippen molar-refractivity contribution in [1.29, 1.82) is 0 Å². The van der Waals surface area contributed by atoms with E-state index in [0.717, 1.165) is 29.5 Å². The van der Waals surface area contributed by atoms with Gasteiger partial charge in [0.1, 0.15) is 16.5 Å². The van der Waals surface area contributed by atoms with Crippen LogP contribution < -0.4 is 5.56 Å². The van der Waals surface area contributed by atoms with Gasteiger partial charge in [-0.1, -0.05) is 17.7 Å². The smallest absolute Gasteiger partial charge is 0.259 e. The number of nitrogens with zero attached hydrogens (tertiary/aromatic N) is 3. The zero-order valence-electron chi connectivity index (χ0n) is 17.6. The van der Waals surface area contributed by atoms with Gasteiger partial charge >= 0.3 is 0 Å². The van der Waals surface area contributed by atoms with Crippen molar-refractivity contribution in [1.82, 2.24) is 19.8 Å². The lowest BCUT2D eigenvalue weighted by Gasteiger charge is -2.34. The number of rotatable bonds is 4. The third-order valence-electron chi connectivity index (χ3n) is 6.36. The number of halogens is 2. The first kappa shape index (κ1) is 21.6. The number of hydrogen-bond donors (Lipinski definition) is 1. The monoisotopic (exact) mass is 474 g/mol. The predicted octanol–water partition coefficient (Wildman–Crippen LogP) is 3.54. The van der Waals surface area contributed by atoms with Crippen LogP contribution in [0.25, 0.3) is 10.2 Å². The summed E-state index contributed by atoms with van der Waals surface area (Å²) >= 11 is 7.71. The van der Waals surface area contributed by atoms with Crippen molar-refractivity contribution in [3.8, 4) is 0 Å². The van der Waals surface area contributed by atoms with Crippen molar-refractivity contribution >= 4 is 39.1 Å². The molecule has 3 heterocycles. The normalized spacial score (nSPS) is 17.0. The van der Waals surface area contributed by atoms with Crippen LogP contribution in [0.4, 0.5) is 4.39 Å². The molecule has 1 fully saturated rings. The Hall–Kier alpha value is -2.29. The fourth-order valence-corrected chi connectivity index (χ4v) is 6.13. The maximum absolute atomic E-state index is 14.0. The summed E-state index contributed by atoms with van der Waals surface area (Å²) in [6.07, 6.45) is 4.27. The number of piperazine rings is 1. The van der Waals surface area contributed by atoms with Crippen molar-refractivity contribution in [2.45, 2.75) is 38.6 Å². The molecule has 6 nitrogen and oxygen atoms in total. The highest BCUT2D eigenvalue weighted by molar-refractivity contribution is 7.18. The molecular formula is C23H24ClFN4O2S. The van der Waals surface area contributed by atoms with E-state index < -0.39 is 5.82 Å². The highest BCUT2D eigenvalue weighted by atomic mass is 35.5. The second kappa shape index (κ2) is 8.92. The van der Waals surface area contributed by atoms with E-state index in [1.807, 2.05) is 0 Å². The summed E-state index contributed by atoms with van der Waals surface area (Å²) in [5.74, 6) is 0.0814. The van der Waals surface area contributed by atoms with Crippen molar-refractivity contribution in [3.63, 3.8) is 0 Å². The highest BCUT2D eigenvalue weighted by Crippen LogP contribution is 2.33. The minimum Gasteiger partial charge on any atom is -0.340 e. The van der Waals surface area contributed by atoms with Crippen LogP contribution in [0.2, 0.25) is 5.02 Å². The lowest BCUT2D eigenvalue weighted by atomic mass is 9.97. The van der Waals surface area contributed by atoms with Crippen LogP contribution in [-0.2, 0) is 30.6 Å². The molecule has 3 aromatic rings. The van der Waals surface area contributed by atoms with E-state index >= 15 is 0 Å². The van der Waals surface area contributed by atoms with Crippen molar-refractivity contribution in [3.05, 3.63) is 61.2 Å². The predicted molar refractivity (Wildman–Crippen MR) is 124 cm³/mol. The lowest BCUT2D eigenvalue weighted by molar-refractivity contribution is -0.132. The first-order valence-electron chi connectivity index (χ1n) is 11.0. The molecule has 5 rings (SSSR count). The lowest BCUT2D eigenvalue weighted by Crippen LogP contribution is -2.49. The Bertz CT molecular complexity index is 1210. The van der Waals surface area contributed by atoms with E-state index in [2.05, 4.69) is 9.88 Å². The van der Waals surface area contributed by atoms with Crippen LogP contribution in [0.15, 0.2) is 23.0 Å². The average molecular weight is 475 g/mol. The number of carbonyl (C=O) groups excluding carboxylic acids is 1. The molecule has 0 atom stereocenters. The Labute approximate surface area is 194 Å². The van der Waals surface area contributed by atoms with E-state index in [0.29, 0.717) is 38.5 Å². The number of H-pyrrole nitrogens is 1. The molecule has 0 radical (unpaired) electrons. The Balaban J connectivity index is 1.23. The van der Waals surface area contributed by atoms with Crippen molar-refractivity contribution in [2.75, 3.05) is 26.2 Å². The van der Waals surface area contributed by atoms with Crippen LogP contribution >= 0.6 is 22.9 Å². The van der Waals surface area contributed by atoms with Crippen LogP contribution in [0, 0.1) is 5.82 Å². The number of hydrogen-bond acceptors (Lipinski definition) is 5. The molecule has 0 bridgehead atoms. The summed E-state index contributed by atoms with van der Waals surface area (Å²) in [7, 11) is 0. The van der Waals surface area contributed by atoms with Gasteiger partial charge in [-0.3, -0.25) is 14.5 Å². The Morgan fingerprint density at radius 1 is 1.19 bits per heavy atom. The number of benzene rings is 1. The minimum atomic E-state index is -0.454. The SMILES string of the molecule is O=C(Cc1c(F)cccc1Cl)N1CCN(Cc2nc3sc4c(c3c(=O)[nH]2)CCCC4)CC1. The summed E-state index contributed by atoms with van der Waals surface area (Å²) < 4.78 is 14.0. The van der Waals surface area contributed by atoms with Gasteiger partial charge in [0.15, 0.2) is 0 Å². The van der Waals surface area contributed by atoms with Gasteiger partial charge in [-0.15, -0.1) is 11.3 Å². The average Bonchev–Trinajstić information content (AvgIpc) is 3.15. The number of aromatic amines is 1. The molecule has 1 aliphatic carbocycles. The molecule has 0 unspecified atom stereocenters. The van der Waals surface area contributed by atoms with Crippen molar-refractivity contribution < 1.29 is 9.18 Å². The molecule has 9 heteroatoms. The first-order chi connectivity index (χ1) is 15.5. The number of thiophene rings is 1. The molecule has 1 N–H and O–H groups in total. The number of amides is 1. The molecule has 2 aliphatic rings. The maximum Gasteiger partial charge on any atom is 0.259 e. The minimum absolute atomic E-state index is 0.0416. The van der Waals surface area contributed by atoms with Gasteiger partial charge in [0, 0.05) is 41.6 Å². The summed E-state index contributed by atoms with van der Waals surface area (Å²) in [5, 5.41) is 1.05. The van der Waals surface area contributed by atoms with Crippen LogP contribution in [0.3, 0.4) is 0 Å². The molecule has 1 aromatic carbocycles. The number of aryl methyl sites for hydroxylation is 2.